The number of rotatable bonds is 5. The molecule has 0 aromatic carbocycles. The van der Waals surface area contributed by atoms with Crippen molar-refractivity contribution in [3.05, 3.63) is 36.3 Å². The molecule has 1 unspecified atom stereocenters. The molecule has 0 spiro atoms. The number of aromatic nitrogens is 3. The van der Waals surface area contributed by atoms with Crippen molar-refractivity contribution < 1.29 is 0 Å². The molecule has 108 valence electrons. The maximum atomic E-state index is 4.15. The molecule has 0 bridgehead atoms. The molecule has 4 nitrogen and oxygen atoms in total. The summed E-state index contributed by atoms with van der Waals surface area (Å²) in [5.41, 5.74) is 3.63. The third-order valence-electron chi connectivity index (χ3n) is 3.91. The van der Waals surface area contributed by atoms with E-state index >= 15 is 0 Å². The Morgan fingerprint density at radius 2 is 2.10 bits per heavy atom. The summed E-state index contributed by atoms with van der Waals surface area (Å²) in [7, 11) is 0. The van der Waals surface area contributed by atoms with E-state index in [0.29, 0.717) is 11.3 Å². The number of pyridine rings is 1. The van der Waals surface area contributed by atoms with E-state index in [0.717, 1.165) is 24.3 Å². The van der Waals surface area contributed by atoms with Crippen LogP contribution in [0.3, 0.4) is 0 Å². The van der Waals surface area contributed by atoms with Gasteiger partial charge in [0.1, 0.15) is 0 Å². The Bertz CT molecular complexity index is 525. The lowest BCUT2D eigenvalue weighted by Crippen LogP contribution is -2.29. The zero-order valence-corrected chi connectivity index (χ0v) is 12.8. The van der Waals surface area contributed by atoms with Gasteiger partial charge in [-0.2, -0.15) is 5.10 Å². The molecule has 0 aliphatic heterocycles. The van der Waals surface area contributed by atoms with Crippen LogP contribution in [0.4, 0.5) is 0 Å². The molecule has 0 saturated heterocycles. The van der Waals surface area contributed by atoms with Gasteiger partial charge in [-0.1, -0.05) is 27.7 Å². The maximum Gasteiger partial charge on any atom is 0.0710 e. The molecule has 2 N–H and O–H groups in total. The molecule has 2 aromatic rings. The molecule has 0 saturated carbocycles. The first-order valence-electron chi connectivity index (χ1n) is 7.12. The van der Waals surface area contributed by atoms with Gasteiger partial charge < -0.3 is 5.32 Å². The number of nitrogens with one attached hydrogen (secondary N) is 2. The molecule has 20 heavy (non-hydrogen) atoms. The van der Waals surface area contributed by atoms with Crippen LogP contribution in [0.15, 0.2) is 30.7 Å². The SMILES string of the molecule is CC(CNCc1cn[nH]c1-c1cccnc1)C(C)(C)C. The minimum Gasteiger partial charge on any atom is -0.312 e. The van der Waals surface area contributed by atoms with Crippen LogP contribution in [-0.2, 0) is 6.54 Å². The van der Waals surface area contributed by atoms with E-state index in [2.05, 4.69) is 48.2 Å². The van der Waals surface area contributed by atoms with Crippen LogP contribution in [0, 0.1) is 11.3 Å². The van der Waals surface area contributed by atoms with Gasteiger partial charge in [-0.05, 0) is 30.0 Å². The summed E-state index contributed by atoms with van der Waals surface area (Å²) in [4.78, 5) is 4.15. The fraction of sp³-hybridized carbons (Fsp3) is 0.500. The van der Waals surface area contributed by atoms with Crippen LogP contribution in [0.2, 0.25) is 0 Å². The van der Waals surface area contributed by atoms with Crippen LogP contribution in [0.25, 0.3) is 11.3 Å². The average molecular weight is 272 g/mol. The van der Waals surface area contributed by atoms with E-state index in [1.807, 2.05) is 24.5 Å². The zero-order valence-electron chi connectivity index (χ0n) is 12.8. The monoisotopic (exact) mass is 272 g/mol. The van der Waals surface area contributed by atoms with E-state index in [-0.39, 0.29) is 0 Å². The highest BCUT2D eigenvalue weighted by atomic mass is 15.1. The average Bonchev–Trinajstić information content (AvgIpc) is 2.87. The first-order valence-corrected chi connectivity index (χ1v) is 7.12. The van der Waals surface area contributed by atoms with Crippen LogP contribution >= 0.6 is 0 Å². The van der Waals surface area contributed by atoms with Crippen LogP contribution in [-0.4, -0.2) is 21.7 Å². The number of hydrogen-bond donors (Lipinski definition) is 2. The Morgan fingerprint density at radius 3 is 2.75 bits per heavy atom. The Labute approximate surface area is 121 Å². The third-order valence-corrected chi connectivity index (χ3v) is 3.91. The molecule has 0 fully saturated rings. The van der Waals surface area contributed by atoms with Crippen molar-refractivity contribution in [1.82, 2.24) is 20.5 Å². The molecular weight excluding hydrogens is 248 g/mol. The van der Waals surface area contributed by atoms with Gasteiger partial charge in [-0.15, -0.1) is 0 Å². The van der Waals surface area contributed by atoms with Gasteiger partial charge in [0.15, 0.2) is 0 Å². The van der Waals surface area contributed by atoms with Crippen molar-refractivity contribution in [2.75, 3.05) is 6.54 Å². The number of nitrogens with zero attached hydrogens (tertiary/aromatic N) is 2. The highest BCUT2D eigenvalue weighted by Crippen LogP contribution is 2.25. The lowest BCUT2D eigenvalue weighted by atomic mass is 9.82. The maximum absolute atomic E-state index is 4.15. The fourth-order valence-electron chi connectivity index (χ4n) is 1.94. The van der Waals surface area contributed by atoms with Gasteiger partial charge in [0.25, 0.3) is 0 Å². The summed E-state index contributed by atoms with van der Waals surface area (Å²) >= 11 is 0. The van der Waals surface area contributed by atoms with Crippen molar-refractivity contribution in [2.45, 2.75) is 34.2 Å². The molecule has 2 aromatic heterocycles. The summed E-state index contributed by atoms with van der Waals surface area (Å²) in [6.07, 6.45) is 5.52. The van der Waals surface area contributed by atoms with Crippen LogP contribution in [0.5, 0.6) is 0 Å². The van der Waals surface area contributed by atoms with Crippen molar-refractivity contribution >= 4 is 0 Å². The molecule has 2 heterocycles. The lowest BCUT2D eigenvalue weighted by Gasteiger charge is -2.27. The zero-order chi connectivity index (χ0) is 14.6. The predicted octanol–water partition coefficient (Wildman–Crippen LogP) is 3.24. The second kappa shape index (κ2) is 6.18. The Morgan fingerprint density at radius 1 is 1.30 bits per heavy atom. The van der Waals surface area contributed by atoms with Gasteiger partial charge in [-0.25, -0.2) is 0 Å². The summed E-state index contributed by atoms with van der Waals surface area (Å²) < 4.78 is 0. The summed E-state index contributed by atoms with van der Waals surface area (Å²) in [5.74, 6) is 0.622. The molecule has 1 atom stereocenters. The highest BCUT2D eigenvalue weighted by molar-refractivity contribution is 5.61. The largest absolute Gasteiger partial charge is 0.312 e. The third kappa shape index (κ3) is 3.67. The van der Waals surface area contributed by atoms with E-state index in [1.165, 1.54) is 5.56 Å². The van der Waals surface area contributed by atoms with Gasteiger partial charge in [0.2, 0.25) is 0 Å². The quantitative estimate of drug-likeness (QED) is 0.878. The van der Waals surface area contributed by atoms with E-state index in [1.54, 1.807) is 6.20 Å². The smallest absolute Gasteiger partial charge is 0.0710 e. The van der Waals surface area contributed by atoms with E-state index < -0.39 is 0 Å². The minimum atomic E-state index is 0.329. The topological polar surface area (TPSA) is 53.6 Å². The lowest BCUT2D eigenvalue weighted by molar-refractivity contribution is 0.252. The minimum absolute atomic E-state index is 0.329. The molecule has 2 rings (SSSR count). The van der Waals surface area contributed by atoms with Crippen molar-refractivity contribution in [3.8, 4) is 11.3 Å². The summed E-state index contributed by atoms with van der Waals surface area (Å²) in [6.45, 7) is 10.9. The Balaban J connectivity index is 1.97. The number of H-pyrrole nitrogens is 1. The van der Waals surface area contributed by atoms with E-state index in [9.17, 15) is 0 Å². The molecule has 0 radical (unpaired) electrons. The van der Waals surface area contributed by atoms with Crippen molar-refractivity contribution in [3.63, 3.8) is 0 Å². The number of hydrogen-bond acceptors (Lipinski definition) is 3. The van der Waals surface area contributed by atoms with Crippen LogP contribution in [0.1, 0.15) is 33.3 Å². The standard InChI is InChI=1S/C16H24N4/c1-12(16(2,3)4)8-18-10-14-11-19-20-15(14)13-6-5-7-17-9-13/h5-7,9,11-12,18H,8,10H2,1-4H3,(H,19,20). The van der Waals surface area contributed by atoms with E-state index in [4.69, 9.17) is 0 Å². The van der Waals surface area contributed by atoms with Gasteiger partial charge in [0, 0.05) is 30.1 Å². The highest BCUT2D eigenvalue weighted by Gasteiger charge is 2.19. The first kappa shape index (κ1) is 14.7. The molecule has 0 aliphatic rings. The summed E-state index contributed by atoms with van der Waals surface area (Å²) in [5, 5.41) is 10.7. The first-order chi connectivity index (χ1) is 9.48. The van der Waals surface area contributed by atoms with Crippen LogP contribution < -0.4 is 5.32 Å². The van der Waals surface area contributed by atoms with Crippen molar-refractivity contribution in [2.24, 2.45) is 11.3 Å². The second-order valence-corrected chi connectivity index (χ2v) is 6.41. The number of aromatic amines is 1. The van der Waals surface area contributed by atoms with Gasteiger partial charge in [0.05, 0.1) is 11.9 Å². The second-order valence-electron chi connectivity index (χ2n) is 6.41. The van der Waals surface area contributed by atoms with Gasteiger partial charge >= 0.3 is 0 Å². The molecule has 4 heteroatoms. The normalized spacial score (nSPS) is 13.4. The Kier molecular flexibility index (Phi) is 4.55. The fourth-order valence-corrected chi connectivity index (χ4v) is 1.94. The van der Waals surface area contributed by atoms with Crippen molar-refractivity contribution in [1.29, 1.82) is 0 Å². The van der Waals surface area contributed by atoms with Gasteiger partial charge in [-0.3, -0.25) is 10.1 Å². The summed E-state index contributed by atoms with van der Waals surface area (Å²) in [6, 6.07) is 3.98. The Hall–Kier alpha value is -1.68. The molecule has 0 amide bonds. The molecular formula is C16H24N4. The molecule has 0 aliphatic carbocycles. The predicted molar refractivity (Wildman–Crippen MR) is 82.1 cm³/mol.